The summed E-state index contributed by atoms with van der Waals surface area (Å²) in [5, 5.41) is 3.39. The molecule has 1 N–H and O–H groups in total. The largest absolute Gasteiger partial charge is 0.573 e. The van der Waals surface area contributed by atoms with E-state index in [4.69, 9.17) is 4.74 Å². The fourth-order valence-corrected chi connectivity index (χ4v) is 5.14. The maximum Gasteiger partial charge on any atom is 0.573 e. The number of hydrogen-bond acceptors (Lipinski definition) is 5. The van der Waals surface area contributed by atoms with Crippen molar-refractivity contribution >= 4 is 11.4 Å². The second kappa shape index (κ2) is 9.02. The molecule has 178 valence electrons. The van der Waals surface area contributed by atoms with Crippen LogP contribution in [0.25, 0.3) is 0 Å². The van der Waals surface area contributed by atoms with Gasteiger partial charge in [-0.3, -0.25) is 4.90 Å². The number of ether oxygens (including phenoxy) is 2. The smallest absolute Gasteiger partial charge is 0.406 e. The van der Waals surface area contributed by atoms with Crippen LogP contribution in [0.15, 0.2) is 42.5 Å². The summed E-state index contributed by atoms with van der Waals surface area (Å²) < 4.78 is 60.7. The van der Waals surface area contributed by atoms with Crippen LogP contribution >= 0.6 is 0 Å². The second-order valence-corrected chi connectivity index (χ2v) is 9.02. The minimum Gasteiger partial charge on any atom is -0.406 e. The standard InChI is InChI=1S/C24H27F4N3O2/c25-22-11-17(3-6-23(22)31-7-9-32-10-8-31)29-12-19-20-14-30(15-21(19)20)13-16-1-4-18(5-2-16)33-24(26,27)28/h1-6,11,19-21,29H,7-10,12-15H2. The molecule has 2 aromatic carbocycles. The topological polar surface area (TPSA) is 37.0 Å². The van der Waals surface area contributed by atoms with E-state index in [1.54, 1.807) is 18.2 Å². The van der Waals surface area contributed by atoms with Gasteiger partial charge in [0.25, 0.3) is 0 Å². The predicted octanol–water partition coefficient (Wildman–Crippen LogP) is 4.35. The number of halogens is 4. The van der Waals surface area contributed by atoms with E-state index in [0.717, 1.165) is 30.9 Å². The van der Waals surface area contributed by atoms with Crippen molar-refractivity contribution in [2.45, 2.75) is 12.9 Å². The highest BCUT2D eigenvalue weighted by Crippen LogP contribution is 2.51. The van der Waals surface area contributed by atoms with Crippen LogP contribution < -0.4 is 15.0 Å². The van der Waals surface area contributed by atoms with Crippen LogP contribution in [0.4, 0.5) is 28.9 Å². The van der Waals surface area contributed by atoms with Gasteiger partial charge in [0.05, 0.1) is 18.9 Å². The molecule has 0 amide bonds. The minimum atomic E-state index is -4.67. The lowest BCUT2D eigenvalue weighted by molar-refractivity contribution is -0.274. The summed E-state index contributed by atoms with van der Waals surface area (Å²) in [7, 11) is 0. The summed E-state index contributed by atoms with van der Waals surface area (Å²) in [6.07, 6.45) is -4.67. The number of nitrogens with zero attached hydrogens (tertiary/aromatic N) is 2. The van der Waals surface area contributed by atoms with Gasteiger partial charge in [0.2, 0.25) is 0 Å². The van der Waals surface area contributed by atoms with Crippen LogP contribution in [0.1, 0.15) is 5.56 Å². The fraction of sp³-hybridized carbons (Fsp3) is 0.500. The molecule has 3 aliphatic rings. The lowest BCUT2D eigenvalue weighted by Gasteiger charge is -2.29. The number of benzene rings is 2. The Balaban J connectivity index is 1.06. The number of alkyl halides is 3. The molecule has 2 saturated heterocycles. The fourth-order valence-electron chi connectivity index (χ4n) is 5.14. The van der Waals surface area contributed by atoms with E-state index < -0.39 is 6.36 Å². The first-order valence-electron chi connectivity index (χ1n) is 11.3. The Morgan fingerprint density at radius 1 is 1.00 bits per heavy atom. The number of hydrogen-bond donors (Lipinski definition) is 1. The molecule has 3 fully saturated rings. The van der Waals surface area contributed by atoms with Gasteiger partial charge in [-0.2, -0.15) is 0 Å². The molecule has 0 aromatic heterocycles. The number of piperidine rings is 1. The lowest BCUT2D eigenvalue weighted by Crippen LogP contribution is -2.36. The quantitative estimate of drug-likeness (QED) is 0.616. The second-order valence-electron chi connectivity index (χ2n) is 9.02. The lowest BCUT2D eigenvalue weighted by atomic mass is 10.2. The zero-order chi connectivity index (χ0) is 23.0. The molecule has 2 heterocycles. The minimum absolute atomic E-state index is 0.198. The Labute approximate surface area is 190 Å². The number of nitrogens with one attached hydrogen (secondary N) is 1. The predicted molar refractivity (Wildman–Crippen MR) is 117 cm³/mol. The maximum atomic E-state index is 14.6. The van der Waals surface area contributed by atoms with Gasteiger partial charge in [-0.15, -0.1) is 13.2 Å². The Hall–Kier alpha value is -2.52. The van der Waals surface area contributed by atoms with Crippen molar-refractivity contribution in [3.63, 3.8) is 0 Å². The molecule has 0 radical (unpaired) electrons. The van der Waals surface area contributed by atoms with Gasteiger partial charge in [-0.1, -0.05) is 12.1 Å². The van der Waals surface area contributed by atoms with Gasteiger partial charge in [-0.05, 0) is 53.6 Å². The third kappa shape index (κ3) is 5.35. The van der Waals surface area contributed by atoms with E-state index >= 15 is 0 Å². The van der Waals surface area contributed by atoms with Gasteiger partial charge >= 0.3 is 6.36 Å². The molecule has 2 unspecified atom stereocenters. The van der Waals surface area contributed by atoms with E-state index in [1.165, 1.54) is 12.1 Å². The third-order valence-electron chi connectivity index (χ3n) is 6.85. The highest BCUT2D eigenvalue weighted by atomic mass is 19.4. The molecular formula is C24H27F4N3O2. The van der Waals surface area contributed by atoms with E-state index in [2.05, 4.69) is 15.0 Å². The average molecular weight is 465 g/mol. The van der Waals surface area contributed by atoms with Crippen molar-refractivity contribution in [2.75, 3.05) is 56.2 Å². The van der Waals surface area contributed by atoms with Crippen molar-refractivity contribution in [2.24, 2.45) is 17.8 Å². The number of morpholine rings is 1. The molecular weight excluding hydrogens is 438 g/mol. The zero-order valence-corrected chi connectivity index (χ0v) is 18.2. The van der Waals surface area contributed by atoms with Gasteiger partial charge in [0.1, 0.15) is 11.6 Å². The molecule has 5 nitrogen and oxygen atoms in total. The first-order valence-corrected chi connectivity index (χ1v) is 11.3. The normalized spacial score (nSPS) is 25.1. The summed E-state index contributed by atoms with van der Waals surface area (Å²) in [5.74, 6) is 1.39. The summed E-state index contributed by atoms with van der Waals surface area (Å²) in [4.78, 5) is 4.35. The highest BCUT2D eigenvalue weighted by molar-refractivity contribution is 5.56. The molecule has 1 saturated carbocycles. The number of fused-ring (bicyclic) bond motifs is 1. The van der Waals surface area contributed by atoms with E-state index in [0.29, 0.717) is 56.3 Å². The van der Waals surface area contributed by atoms with Crippen LogP contribution in [0.5, 0.6) is 5.75 Å². The van der Waals surface area contributed by atoms with Gasteiger partial charge in [-0.25, -0.2) is 4.39 Å². The molecule has 33 heavy (non-hydrogen) atoms. The van der Waals surface area contributed by atoms with Crippen LogP contribution in [-0.4, -0.2) is 57.2 Å². The summed E-state index contributed by atoms with van der Waals surface area (Å²) >= 11 is 0. The molecule has 2 aliphatic heterocycles. The Kier molecular flexibility index (Phi) is 6.09. The van der Waals surface area contributed by atoms with Gasteiger partial charge < -0.3 is 19.7 Å². The molecule has 9 heteroatoms. The Bertz CT molecular complexity index is 951. The van der Waals surface area contributed by atoms with Crippen molar-refractivity contribution in [3.05, 3.63) is 53.8 Å². The van der Waals surface area contributed by atoms with Crippen LogP contribution in [0.3, 0.4) is 0 Å². The monoisotopic (exact) mass is 465 g/mol. The number of anilines is 2. The molecule has 2 atom stereocenters. The molecule has 2 aromatic rings. The van der Waals surface area contributed by atoms with Crippen molar-refractivity contribution < 1.29 is 27.0 Å². The van der Waals surface area contributed by atoms with Crippen LogP contribution in [0.2, 0.25) is 0 Å². The SMILES string of the molecule is Fc1cc(NCC2C3CN(Cc4ccc(OC(F)(F)F)cc4)CC23)ccc1N1CCOCC1. The third-order valence-corrected chi connectivity index (χ3v) is 6.85. The van der Waals surface area contributed by atoms with E-state index in [1.807, 2.05) is 17.0 Å². The average Bonchev–Trinajstić information content (AvgIpc) is 3.24. The number of rotatable bonds is 7. The van der Waals surface area contributed by atoms with Crippen LogP contribution in [-0.2, 0) is 11.3 Å². The summed E-state index contributed by atoms with van der Waals surface area (Å²) in [6.45, 7) is 6.15. The molecule has 0 bridgehead atoms. The summed E-state index contributed by atoms with van der Waals surface area (Å²) in [5.41, 5.74) is 2.39. The Morgan fingerprint density at radius 3 is 2.33 bits per heavy atom. The van der Waals surface area contributed by atoms with E-state index in [-0.39, 0.29) is 11.6 Å². The van der Waals surface area contributed by atoms with Gasteiger partial charge in [0, 0.05) is 45.0 Å². The van der Waals surface area contributed by atoms with Crippen molar-refractivity contribution in [1.29, 1.82) is 0 Å². The maximum absolute atomic E-state index is 14.6. The van der Waals surface area contributed by atoms with E-state index in [9.17, 15) is 17.6 Å². The molecule has 5 rings (SSSR count). The van der Waals surface area contributed by atoms with Crippen LogP contribution in [0, 0.1) is 23.6 Å². The Morgan fingerprint density at radius 2 is 1.70 bits per heavy atom. The first-order chi connectivity index (χ1) is 15.9. The molecule has 0 spiro atoms. The summed E-state index contributed by atoms with van der Waals surface area (Å²) in [6, 6.07) is 11.4. The van der Waals surface area contributed by atoms with Crippen molar-refractivity contribution in [1.82, 2.24) is 4.90 Å². The van der Waals surface area contributed by atoms with Crippen molar-refractivity contribution in [3.8, 4) is 5.75 Å². The highest BCUT2D eigenvalue weighted by Gasteiger charge is 2.54. The van der Waals surface area contributed by atoms with Gasteiger partial charge in [0.15, 0.2) is 0 Å². The first kappa shape index (κ1) is 22.3. The zero-order valence-electron chi connectivity index (χ0n) is 18.2. The molecule has 1 aliphatic carbocycles. The number of likely N-dealkylation sites (tertiary alicyclic amines) is 1.